The van der Waals surface area contributed by atoms with Crippen molar-refractivity contribution in [1.82, 2.24) is 14.8 Å². The van der Waals surface area contributed by atoms with Crippen LogP contribution in [0.25, 0.3) is 0 Å². The molecule has 44 heavy (non-hydrogen) atoms. The van der Waals surface area contributed by atoms with E-state index in [1.807, 2.05) is 0 Å². The molecular formula is C32H44F3N3O6. The number of ether oxygens (including phenoxy) is 4. The summed E-state index contributed by atoms with van der Waals surface area (Å²) in [6, 6.07) is 1.13. The largest absolute Gasteiger partial charge is 0.449 e. The Hall–Kier alpha value is -2.44. The summed E-state index contributed by atoms with van der Waals surface area (Å²) in [6.45, 7) is 4.29. The van der Waals surface area contributed by atoms with Crippen molar-refractivity contribution in [2.75, 3.05) is 59.8 Å². The van der Waals surface area contributed by atoms with E-state index in [-0.39, 0.29) is 43.0 Å². The zero-order valence-electron chi connectivity index (χ0n) is 25.5. The first kappa shape index (κ1) is 31.5. The Morgan fingerprint density at radius 2 is 1.91 bits per heavy atom. The summed E-state index contributed by atoms with van der Waals surface area (Å²) in [5.41, 5.74) is -0.548. The van der Waals surface area contributed by atoms with Gasteiger partial charge in [0.15, 0.2) is 0 Å². The number of carbonyl (C=O) groups excluding carboxylic acids is 2. The average Bonchev–Trinajstić information content (AvgIpc) is 3.55. The van der Waals surface area contributed by atoms with Crippen LogP contribution >= 0.6 is 0 Å². The zero-order valence-corrected chi connectivity index (χ0v) is 25.5. The van der Waals surface area contributed by atoms with Crippen LogP contribution in [0.15, 0.2) is 12.3 Å². The van der Waals surface area contributed by atoms with Gasteiger partial charge in [-0.15, -0.1) is 0 Å². The second kappa shape index (κ2) is 13.1. The van der Waals surface area contributed by atoms with Crippen LogP contribution in [0.3, 0.4) is 0 Å². The third kappa shape index (κ3) is 6.58. The van der Waals surface area contributed by atoms with Crippen molar-refractivity contribution in [2.45, 2.75) is 70.2 Å². The summed E-state index contributed by atoms with van der Waals surface area (Å²) in [6.07, 6.45) is 2.43. The number of amides is 2. The monoisotopic (exact) mass is 623 g/mol. The molecule has 6 rings (SSSR count). The Morgan fingerprint density at radius 1 is 1.11 bits per heavy atom. The van der Waals surface area contributed by atoms with E-state index in [9.17, 15) is 22.8 Å². The molecule has 0 bridgehead atoms. The van der Waals surface area contributed by atoms with E-state index < -0.39 is 17.2 Å². The van der Waals surface area contributed by atoms with Crippen molar-refractivity contribution in [3.05, 3.63) is 29.1 Å². The predicted molar refractivity (Wildman–Crippen MR) is 152 cm³/mol. The van der Waals surface area contributed by atoms with Crippen molar-refractivity contribution < 1.29 is 41.7 Å². The molecule has 0 aromatic carbocycles. The molecule has 3 saturated heterocycles. The number of methoxy groups -OCH3 is 1. The molecule has 2 amide bonds. The van der Waals surface area contributed by atoms with Crippen LogP contribution in [0.2, 0.25) is 0 Å². The lowest BCUT2D eigenvalue weighted by molar-refractivity contribution is -0.144. The number of alkyl halides is 3. The number of hydrogen-bond acceptors (Lipinski definition) is 7. The highest BCUT2D eigenvalue weighted by molar-refractivity contribution is 5.85. The minimum Gasteiger partial charge on any atom is -0.449 e. The average molecular weight is 624 g/mol. The lowest BCUT2D eigenvalue weighted by Gasteiger charge is -2.37. The molecule has 9 nitrogen and oxygen atoms in total. The van der Waals surface area contributed by atoms with E-state index in [1.165, 1.54) is 0 Å². The van der Waals surface area contributed by atoms with Gasteiger partial charge in [0.05, 0.1) is 30.3 Å². The van der Waals surface area contributed by atoms with Gasteiger partial charge in [-0.2, -0.15) is 13.2 Å². The van der Waals surface area contributed by atoms with Crippen molar-refractivity contribution in [1.29, 1.82) is 0 Å². The Labute approximate surface area is 256 Å². The maximum Gasteiger partial charge on any atom is 0.417 e. The normalized spacial score (nSPS) is 31.1. The van der Waals surface area contributed by atoms with Gasteiger partial charge in [0, 0.05) is 71.4 Å². The number of aromatic nitrogens is 1. The van der Waals surface area contributed by atoms with Gasteiger partial charge in [-0.05, 0) is 80.2 Å². The predicted octanol–water partition coefficient (Wildman–Crippen LogP) is 4.71. The lowest BCUT2D eigenvalue weighted by atomic mass is 9.78. The minimum absolute atomic E-state index is 0.0203. The Balaban J connectivity index is 1.17. The smallest absolute Gasteiger partial charge is 0.417 e. The second-order valence-electron chi connectivity index (χ2n) is 13.4. The summed E-state index contributed by atoms with van der Waals surface area (Å²) in [4.78, 5) is 35.2. The highest BCUT2D eigenvalue weighted by atomic mass is 19.4. The quantitative estimate of drug-likeness (QED) is 0.435. The molecule has 1 aromatic rings. The van der Waals surface area contributed by atoms with Gasteiger partial charge < -0.3 is 28.7 Å². The number of halogens is 3. The number of nitrogens with zero attached hydrogens (tertiary/aromatic N) is 3. The molecule has 1 aliphatic carbocycles. The highest BCUT2D eigenvalue weighted by Crippen LogP contribution is 2.54. The first-order valence-corrected chi connectivity index (χ1v) is 16.1. The molecule has 0 N–H and O–H groups in total. The maximum atomic E-state index is 14.5. The van der Waals surface area contributed by atoms with Gasteiger partial charge in [-0.25, -0.2) is 4.79 Å². The van der Waals surface area contributed by atoms with Crippen LogP contribution in [-0.2, 0) is 42.9 Å². The van der Waals surface area contributed by atoms with E-state index in [4.69, 9.17) is 18.9 Å². The van der Waals surface area contributed by atoms with Gasteiger partial charge in [0.2, 0.25) is 5.91 Å². The van der Waals surface area contributed by atoms with E-state index in [0.717, 1.165) is 64.0 Å². The first-order chi connectivity index (χ1) is 21.2. The Kier molecular flexibility index (Phi) is 9.40. The van der Waals surface area contributed by atoms with Crippen LogP contribution < -0.4 is 0 Å². The molecule has 0 unspecified atom stereocenters. The first-order valence-electron chi connectivity index (χ1n) is 16.1. The van der Waals surface area contributed by atoms with E-state index in [0.29, 0.717) is 68.8 Å². The summed E-state index contributed by atoms with van der Waals surface area (Å²) >= 11 is 0. The number of pyridine rings is 1. The van der Waals surface area contributed by atoms with Crippen LogP contribution in [0.1, 0.15) is 61.8 Å². The molecular weight excluding hydrogens is 579 g/mol. The van der Waals surface area contributed by atoms with Gasteiger partial charge in [0.1, 0.15) is 0 Å². The number of carbonyl (C=O) groups is 2. The maximum absolute atomic E-state index is 14.5. The third-order valence-corrected chi connectivity index (χ3v) is 10.8. The molecule has 12 heteroatoms. The molecule has 1 saturated carbocycles. The standard InChI is InChI=1S/C32H44F3N3O6/c1-41-28-19-43-10-6-23(28)12-22-13-26-18-38(30(40)44-11-5-21-3-8-42-9-4-21)20-31(26,15-22)29(39)37-7-2-27-24(17-37)14-25(16-36-27)32(33,34)35/h14,16,21-23,26,28H,2-13,15,17-20H2,1H3/t22-,23-,26+,28-,31+/m1/s1. The van der Waals surface area contributed by atoms with Crippen LogP contribution in [0.4, 0.5) is 18.0 Å². The molecule has 4 aliphatic heterocycles. The number of rotatable bonds is 7. The number of hydrogen-bond donors (Lipinski definition) is 0. The molecule has 1 aromatic heterocycles. The summed E-state index contributed by atoms with van der Waals surface area (Å²) < 4.78 is 62.8. The zero-order chi connectivity index (χ0) is 30.9. The fourth-order valence-corrected chi connectivity index (χ4v) is 8.38. The Bertz CT molecular complexity index is 1190. The molecule has 4 fully saturated rings. The molecule has 0 spiro atoms. The minimum atomic E-state index is -4.50. The van der Waals surface area contributed by atoms with Gasteiger partial charge >= 0.3 is 12.3 Å². The topological polar surface area (TPSA) is 90.4 Å². The molecule has 5 atom stereocenters. The van der Waals surface area contributed by atoms with Crippen LogP contribution in [0.5, 0.6) is 0 Å². The summed E-state index contributed by atoms with van der Waals surface area (Å²) in [5, 5.41) is 0. The fraction of sp³-hybridized carbons (Fsp3) is 0.781. The molecule has 5 heterocycles. The highest BCUT2D eigenvalue weighted by Gasteiger charge is 2.60. The number of likely N-dealkylation sites (tertiary alicyclic amines) is 1. The summed E-state index contributed by atoms with van der Waals surface area (Å²) in [5.74, 6) is 1.00. The Morgan fingerprint density at radius 3 is 2.68 bits per heavy atom. The van der Waals surface area contributed by atoms with Crippen molar-refractivity contribution in [3.63, 3.8) is 0 Å². The van der Waals surface area contributed by atoms with E-state index in [1.54, 1.807) is 16.9 Å². The SMILES string of the molecule is CO[C@@H]1COCC[C@@H]1C[C@@H]1C[C@H]2CN(C(=O)OCCC3CCOCC3)C[C@@]2(C(=O)N2CCc3ncc(C(F)(F)F)cc3C2)C1. The van der Waals surface area contributed by atoms with Crippen LogP contribution in [0, 0.1) is 29.1 Å². The van der Waals surface area contributed by atoms with Crippen molar-refractivity contribution in [3.8, 4) is 0 Å². The van der Waals surface area contributed by atoms with Gasteiger partial charge in [-0.3, -0.25) is 9.78 Å². The number of fused-ring (bicyclic) bond motifs is 2. The van der Waals surface area contributed by atoms with Gasteiger partial charge in [0.25, 0.3) is 0 Å². The van der Waals surface area contributed by atoms with E-state index in [2.05, 4.69) is 4.98 Å². The molecule has 244 valence electrons. The van der Waals surface area contributed by atoms with Gasteiger partial charge in [-0.1, -0.05) is 0 Å². The molecule has 0 radical (unpaired) electrons. The third-order valence-electron chi connectivity index (χ3n) is 10.8. The van der Waals surface area contributed by atoms with E-state index >= 15 is 0 Å². The summed E-state index contributed by atoms with van der Waals surface area (Å²) in [7, 11) is 1.71. The van der Waals surface area contributed by atoms with Crippen molar-refractivity contribution in [2.24, 2.45) is 29.1 Å². The fourth-order valence-electron chi connectivity index (χ4n) is 8.38. The lowest BCUT2D eigenvalue weighted by Crippen LogP contribution is -2.49. The van der Waals surface area contributed by atoms with Crippen molar-refractivity contribution >= 4 is 12.0 Å². The molecule has 5 aliphatic rings. The van der Waals surface area contributed by atoms with Crippen LogP contribution in [-0.4, -0.2) is 92.7 Å². The second-order valence-corrected chi connectivity index (χ2v) is 13.4.